The lowest BCUT2D eigenvalue weighted by Crippen LogP contribution is -2.12. The Kier molecular flexibility index (Phi) is 6.20. The highest BCUT2D eigenvalue weighted by molar-refractivity contribution is 8.30. The molecule has 3 heteroatoms. The largest absolute Gasteiger partial charge is 0.402 e. The standard InChI is InChI=1S/C31H26O2S/c1-2-31(32)33-34(26-14-5-3-6-15-26,27-16-7-4-8-17-27)28-22-20-25(21-23-28)30-19-11-13-24-12-9-10-18-29(24)30/h3-23H,2H2,1H3. The maximum absolute atomic E-state index is 12.8. The third-order valence-corrected chi connectivity index (χ3v) is 9.19. The van der Waals surface area contributed by atoms with Crippen LogP contribution in [0, 0.1) is 0 Å². The van der Waals surface area contributed by atoms with E-state index in [-0.39, 0.29) is 5.97 Å². The molecule has 0 bridgehead atoms. The Balaban J connectivity index is 1.70. The number of carbonyl (C=O) groups excluding carboxylic acids is 1. The normalized spacial score (nSPS) is 11.8. The Morgan fingerprint density at radius 3 is 1.76 bits per heavy atom. The molecule has 0 aliphatic carbocycles. The van der Waals surface area contributed by atoms with Crippen LogP contribution in [0.4, 0.5) is 0 Å². The van der Waals surface area contributed by atoms with Crippen LogP contribution >= 0.6 is 10.3 Å². The van der Waals surface area contributed by atoms with Crippen molar-refractivity contribution in [3.8, 4) is 11.1 Å². The highest BCUT2D eigenvalue weighted by Gasteiger charge is 2.35. The topological polar surface area (TPSA) is 26.3 Å². The second-order valence-corrected chi connectivity index (χ2v) is 10.7. The fraction of sp³-hybridized carbons (Fsp3) is 0.0645. The van der Waals surface area contributed by atoms with Gasteiger partial charge in [-0.05, 0) is 68.6 Å². The molecule has 0 atom stereocenters. The minimum absolute atomic E-state index is 0.208. The van der Waals surface area contributed by atoms with Gasteiger partial charge < -0.3 is 4.18 Å². The van der Waals surface area contributed by atoms with Crippen LogP contribution in [-0.4, -0.2) is 5.97 Å². The van der Waals surface area contributed by atoms with Gasteiger partial charge in [0, 0.05) is 21.1 Å². The third kappa shape index (κ3) is 4.00. The first kappa shape index (κ1) is 22.0. The van der Waals surface area contributed by atoms with E-state index in [1.807, 2.05) is 43.3 Å². The van der Waals surface area contributed by atoms with Crippen LogP contribution in [0.2, 0.25) is 0 Å². The van der Waals surface area contributed by atoms with E-state index in [2.05, 4.69) is 91.0 Å². The van der Waals surface area contributed by atoms with Crippen molar-refractivity contribution in [1.29, 1.82) is 0 Å². The maximum atomic E-state index is 12.8. The Bertz CT molecular complexity index is 1370. The monoisotopic (exact) mass is 462 g/mol. The van der Waals surface area contributed by atoms with Crippen LogP contribution in [0.25, 0.3) is 21.9 Å². The van der Waals surface area contributed by atoms with Crippen LogP contribution in [0.15, 0.2) is 142 Å². The first-order valence-electron chi connectivity index (χ1n) is 11.5. The summed E-state index contributed by atoms with van der Waals surface area (Å²) in [6, 6.07) is 43.6. The summed E-state index contributed by atoms with van der Waals surface area (Å²) in [5.41, 5.74) is 2.33. The average molecular weight is 463 g/mol. The van der Waals surface area contributed by atoms with Gasteiger partial charge in [0.25, 0.3) is 0 Å². The molecule has 0 aliphatic rings. The highest BCUT2D eigenvalue weighted by Crippen LogP contribution is 2.69. The number of hydrogen-bond donors (Lipinski definition) is 0. The summed E-state index contributed by atoms with van der Waals surface area (Å²) >= 11 is 0. The van der Waals surface area contributed by atoms with Crippen molar-refractivity contribution in [3.63, 3.8) is 0 Å². The molecule has 0 unspecified atom stereocenters. The van der Waals surface area contributed by atoms with Gasteiger partial charge in [-0.25, -0.2) is 0 Å². The number of rotatable bonds is 6. The first-order valence-corrected chi connectivity index (χ1v) is 13.0. The molecule has 0 saturated heterocycles. The van der Waals surface area contributed by atoms with E-state index < -0.39 is 10.3 Å². The maximum Gasteiger partial charge on any atom is 0.316 e. The van der Waals surface area contributed by atoms with Gasteiger partial charge >= 0.3 is 5.97 Å². The van der Waals surface area contributed by atoms with Crippen molar-refractivity contribution in [2.24, 2.45) is 0 Å². The molecule has 0 aliphatic heterocycles. The number of carbonyl (C=O) groups is 1. The molecule has 0 heterocycles. The quantitative estimate of drug-likeness (QED) is 0.252. The van der Waals surface area contributed by atoms with Gasteiger partial charge in [-0.15, -0.1) is 0 Å². The summed E-state index contributed by atoms with van der Waals surface area (Å²) in [5.74, 6) is -0.208. The molecule has 34 heavy (non-hydrogen) atoms. The zero-order chi connectivity index (χ0) is 23.4. The molecule has 5 rings (SSSR count). The number of fused-ring (bicyclic) bond motifs is 1. The smallest absolute Gasteiger partial charge is 0.316 e. The van der Waals surface area contributed by atoms with Crippen molar-refractivity contribution < 1.29 is 8.98 Å². The summed E-state index contributed by atoms with van der Waals surface area (Å²) in [5, 5.41) is 2.44. The SMILES string of the molecule is CCC(=O)OS(c1ccccc1)(c1ccccc1)c1ccc(-c2cccc3ccccc23)cc1. The zero-order valence-electron chi connectivity index (χ0n) is 19.1. The Morgan fingerprint density at radius 2 is 1.15 bits per heavy atom. The van der Waals surface area contributed by atoms with Gasteiger partial charge in [-0.1, -0.05) is 97.9 Å². The van der Waals surface area contributed by atoms with Gasteiger partial charge in [0.05, 0.1) is 0 Å². The Morgan fingerprint density at radius 1 is 0.618 bits per heavy atom. The van der Waals surface area contributed by atoms with Crippen LogP contribution in [0.5, 0.6) is 0 Å². The van der Waals surface area contributed by atoms with Gasteiger partial charge in [0.15, 0.2) is 0 Å². The lowest BCUT2D eigenvalue weighted by molar-refractivity contribution is -0.133. The number of benzene rings is 5. The van der Waals surface area contributed by atoms with Crippen molar-refractivity contribution >= 4 is 27.1 Å². The molecular formula is C31H26O2S. The second kappa shape index (κ2) is 9.58. The van der Waals surface area contributed by atoms with Crippen LogP contribution in [-0.2, 0) is 8.98 Å². The van der Waals surface area contributed by atoms with Gasteiger partial charge in [0.1, 0.15) is 0 Å². The van der Waals surface area contributed by atoms with Crippen molar-refractivity contribution in [2.75, 3.05) is 0 Å². The first-order chi connectivity index (χ1) is 16.7. The molecule has 0 radical (unpaired) electrons. The molecule has 0 saturated carbocycles. The number of hydrogen-bond acceptors (Lipinski definition) is 2. The third-order valence-electron chi connectivity index (χ3n) is 5.94. The van der Waals surface area contributed by atoms with E-state index in [9.17, 15) is 4.79 Å². The van der Waals surface area contributed by atoms with Crippen LogP contribution in [0.3, 0.4) is 0 Å². The van der Waals surface area contributed by atoms with Crippen molar-refractivity contribution in [2.45, 2.75) is 28.0 Å². The lowest BCUT2D eigenvalue weighted by atomic mass is 9.98. The predicted molar refractivity (Wildman–Crippen MR) is 141 cm³/mol. The fourth-order valence-electron chi connectivity index (χ4n) is 4.28. The average Bonchev–Trinajstić information content (AvgIpc) is 2.92. The summed E-state index contributed by atoms with van der Waals surface area (Å²) in [6.07, 6.45) is 0.322. The minimum Gasteiger partial charge on any atom is -0.402 e. The van der Waals surface area contributed by atoms with E-state index in [1.165, 1.54) is 16.3 Å². The molecule has 0 spiro atoms. The highest BCUT2D eigenvalue weighted by atomic mass is 32.3. The molecule has 0 N–H and O–H groups in total. The summed E-state index contributed by atoms with van der Waals surface area (Å²) in [7, 11) is -2.23. The van der Waals surface area contributed by atoms with Crippen LogP contribution < -0.4 is 0 Å². The van der Waals surface area contributed by atoms with Crippen molar-refractivity contribution in [1.82, 2.24) is 0 Å². The van der Waals surface area contributed by atoms with E-state index in [0.717, 1.165) is 20.2 Å². The molecule has 0 amide bonds. The molecule has 0 fully saturated rings. The van der Waals surface area contributed by atoms with Crippen LogP contribution in [0.1, 0.15) is 13.3 Å². The molecular weight excluding hydrogens is 436 g/mol. The molecule has 5 aromatic carbocycles. The summed E-state index contributed by atoms with van der Waals surface area (Å²) in [4.78, 5) is 15.8. The van der Waals surface area contributed by atoms with E-state index in [1.54, 1.807) is 0 Å². The predicted octanol–water partition coefficient (Wildman–Crippen LogP) is 8.66. The second-order valence-electron chi connectivity index (χ2n) is 8.04. The summed E-state index contributed by atoms with van der Waals surface area (Å²) < 4.78 is 6.41. The minimum atomic E-state index is -2.23. The Hall–Kier alpha value is -3.82. The summed E-state index contributed by atoms with van der Waals surface area (Å²) in [6.45, 7) is 1.84. The van der Waals surface area contributed by atoms with E-state index in [4.69, 9.17) is 4.18 Å². The van der Waals surface area contributed by atoms with E-state index >= 15 is 0 Å². The fourth-order valence-corrected chi connectivity index (χ4v) is 7.38. The van der Waals surface area contributed by atoms with Gasteiger partial charge in [0.2, 0.25) is 0 Å². The van der Waals surface area contributed by atoms with Crippen molar-refractivity contribution in [3.05, 3.63) is 127 Å². The molecule has 168 valence electrons. The molecule has 5 aromatic rings. The lowest BCUT2D eigenvalue weighted by Gasteiger charge is -2.39. The molecule has 0 aromatic heterocycles. The molecule has 2 nitrogen and oxygen atoms in total. The van der Waals surface area contributed by atoms with E-state index in [0.29, 0.717) is 6.42 Å². The zero-order valence-corrected chi connectivity index (χ0v) is 19.9. The Labute approximate surface area is 202 Å². The van der Waals surface area contributed by atoms with Gasteiger partial charge in [-0.3, -0.25) is 4.79 Å². The van der Waals surface area contributed by atoms with Gasteiger partial charge in [-0.2, -0.15) is 0 Å².